The zero-order chi connectivity index (χ0) is 18.6. The minimum atomic E-state index is -0.328. The quantitative estimate of drug-likeness (QED) is 0.842. The maximum Gasteiger partial charge on any atom is 0.315 e. The van der Waals surface area contributed by atoms with Crippen molar-refractivity contribution in [2.24, 2.45) is 0 Å². The van der Waals surface area contributed by atoms with E-state index in [1.165, 1.54) is 12.1 Å². The summed E-state index contributed by atoms with van der Waals surface area (Å²) < 4.78 is 19.1. The molecule has 1 aromatic heterocycles. The summed E-state index contributed by atoms with van der Waals surface area (Å²) in [5.41, 5.74) is 0.836. The number of hydrogen-bond acceptors (Lipinski definition) is 5. The molecule has 0 radical (unpaired) electrons. The van der Waals surface area contributed by atoms with Crippen molar-refractivity contribution in [1.29, 1.82) is 0 Å². The van der Waals surface area contributed by atoms with Gasteiger partial charge in [-0.1, -0.05) is 6.07 Å². The van der Waals surface area contributed by atoms with E-state index in [-0.39, 0.29) is 23.9 Å². The molecule has 2 aromatic rings. The molecule has 2 N–H and O–H groups in total. The SMILES string of the molecule is O=C(NC1CCN(c2nccs2)CC1)NC1CCCOc2cc(F)ccc21. The van der Waals surface area contributed by atoms with Crippen LogP contribution < -0.4 is 20.3 Å². The number of aromatic nitrogens is 1. The minimum absolute atomic E-state index is 0.149. The molecule has 0 spiro atoms. The Balaban J connectivity index is 1.32. The zero-order valence-electron chi connectivity index (χ0n) is 15.0. The van der Waals surface area contributed by atoms with Crippen molar-refractivity contribution < 1.29 is 13.9 Å². The zero-order valence-corrected chi connectivity index (χ0v) is 15.8. The molecule has 4 rings (SSSR count). The summed E-state index contributed by atoms with van der Waals surface area (Å²) in [6.07, 6.45) is 5.19. The Labute approximate surface area is 161 Å². The third kappa shape index (κ3) is 4.32. The lowest BCUT2D eigenvalue weighted by atomic mass is 10.0. The van der Waals surface area contributed by atoms with Crippen LogP contribution in [-0.2, 0) is 0 Å². The highest BCUT2D eigenvalue weighted by Crippen LogP contribution is 2.32. The minimum Gasteiger partial charge on any atom is -0.493 e. The Kier molecular flexibility index (Phi) is 5.42. The number of halogens is 1. The fourth-order valence-corrected chi connectivity index (χ4v) is 4.37. The molecule has 1 atom stereocenters. The van der Waals surface area contributed by atoms with Gasteiger partial charge in [-0.05, 0) is 31.7 Å². The first-order valence-corrected chi connectivity index (χ1v) is 10.2. The number of amides is 2. The van der Waals surface area contributed by atoms with Gasteiger partial charge in [-0.15, -0.1) is 11.3 Å². The van der Waals surface area contributed by atoms with Gasteiger partial charge >= 0.3 is 6.03 Å². The van der Waals surface area contributed by atoms with Crippen molar-refractivity contribution in [1.82, 2.24) is 15.6 Å². The normalized spacial score (nSPS) is 20.3. The van der Waals surface area contributed by atoms with Crippen LogP contribution in [0.2, 0.25) is 0 Å². The maximum absolute atomic E-state index is 13.5. The van der Waals surface area contributed by atoms with Gasteiger partial charge in [0.1, 0.15) is 11.6 Å². The van der Waals surface area contributed by atoms with Crippen LogP contribution in [-0.4, -0.2) is 36.8 Å². The van der Waals surface area contributed by atoms with Gasteiger partial charge in [0.2, 0.25) is 0 Å². The smallest absolute Gasteiger partial charge is 0.315 e. The number of hydrogen-bond donors (Lipinski definition) is 2. The molecule has 0 saturated carbocycles. The number of carbonyl (C=O) groups excluding carboxylic acids is 1. The summed E-state index contributed by atoms with van der Waals surface area (Å²) in [6, 6.07) is 4.31. The first-order valence-electron chi connectivity index (χ1n) is 9.33. The van der Waals surface area contributed by atoms with Gasteiger partial charge < -0.3 is 20.3 Å². The highest BCUT2D eigenvalue weighted by Gasteiger charge is 2.25. The van der Waals surface area contributed by atoms with Crippen molar-refractivity contribution in [3.63, 3.8) is 0 Å². The van der Waals surface area contributed by atoms with E-state index >= 15 is 0 Å². The Bertz CT molecular complexity index is 778. The molecule has 2 aliphatic rings. The van der Waals surface area contributed by atoms with E-state index in [4.69, 9.17) is 4.74 Å². The van der Waals surface area contributed by atoms with Crippen LogP contribution in [0.3, 0.4) is 0 Å². The van der Waals surface area contributed by atoms with Crippen LogP contribution in [0.5, 0.6) is 5.75 Å². The number of rotatable bonds is 3. The summed E-state index contributed by atoms with van der Waals surface area (Å²) in [5, 5.41) is 9.15. The molecule has 6 nitrogen and oxygen atoms in total. The summed E-state index contributed by atoms with van der Waals surface area (Å²) in [6.45, 7) is 2.31. The maximum atomic E-state index is 13.5. The van der Waals surface area contributed by atoms with E-state index in [1.54, 1.807) is 17.4 Å². The predicted molar refractivity (Wildman–Crippen MR) is 103 cm³/mol. The second-order valence-corrected chi connectivity index (χ2v) is 7.79. The first kappa shape index (κ1) is 18.0. The molecule has 27 heavy (non-hydrogen) atoms. The third-order valence-electron chi connectivity index (χ3n) is 5.07. The van der Waals surface area contributed by atoms with E-state index in [0.29, 0.717) is 12.4 Å². The molecule has 144 valence electrons. The van der Waals surface area contributed by atoms with Crippen LogP contribution in [0.4, 0.5) is 14.3 Å². The summed E-state index contributed by atoms with van der Waals surface area (Å²) >= 11 is 1.64. The van der Waals surface area contributed by atoms with Crippen LogP contribution in [0.25, 0.3) is 0 Å². The van der Waals surface area contributed by atoms with Crippen molar-refractivity contribution in [3.8, 4) is 5.75 Å². The number of nitrogens with one attached hydrogen (secondary N) is 2. The molecule has 1 saturated heterocycles. The second-order valence-electron chi connectivity index (χ2n) is 6.92. The standard InChI is InChI=1S/C19H23FN4O2S/c20-13-3-4-15-16(2-1-10-26-17(15)12-13)23-18(25)22-14-5-8-24(9-6-14)19-21-7-11-27-19/h3-4,7,11-12,14,16H,1-2,5-6,8-10H2,(H2,22,23,25). The molecule has 0 aliphatic carbocycles. The molecular formula is C19H23FN4O2S. The Morgan fingerprint density at radius 3 is 2.89 bits per heavy atom. The number of ether oxygens (including phenoxy) is 1. The molecule has 3 heterocycles. The lowest BCUT2D eigenvalue weighted by Crippen LogP contribution is -2.48. The number of benzene rings is 1. The van der Waals surface area contributed by atoms with Crippen LogP contribution in [0, 0.1) is 5.82 Å². The summed E-state index contributed by atoms with van der Waals surface area (Å²) in [5.74, 6) is 0.195. The fourth-order valence-electron chi connectivity index (χ4n) is 3.67. The van der Waals surface area contributed by atoms with Gasteiger partial charge in [-0.25, -0.2) is 14.2 Å². The Hall–Kier alpha value is -2.35. The largest absolute Gasteiger partial charge is 0.493 e. The average Bonchev–Trinajstić information content (AvgIpc) is 3.13. The van der Waals surface area contributed by atoms with Gasteiger partial charge in [0.05, 0.1) is 12.6 Å². The summed E-state index contributed by atoms with van der Waals surface area (Å²) in [7, 11) is 0. The van der Waals surface area contributed by atoms with Crippen molar-refractivity contribution in [2.45, 2.75) is 37.8 Å². The van der Waals surface area contributed by atoms with E-state index in [1.807, 2.05) is 11.6 Å². The lowest BCUT2D eigenvalue weighted by molar-refractivity contribution is 0.229. The van der Waals surface area contributed by atoms with Crippen LogP contribution in [0.1, 0.15) is 37.3 Å². The van der Waals surface area contributed by atoms with E-state index in [2.05, 4.69) is 20.5 Å². The van der Waals surface area contributed by atoms with Gasteiger partial charge in [-0.2, -0.15) is 0 Å². The van der Waals surface area contributed by atoms with E-state index < -0.39 is 0 Å². The average molecular weight is 390 g/mol. The molecule has 1 aromatic carbocycles. The number of urea groups is 1. The molecule has 1 fully saturated rings. The molecular weight excluding hydrogens is 367 g/mol. The highest BCUT2D eigenvalue weighted by molar-refractivity contribution is 7.13. The Morgan fingerprint density at radius 1 is 1.26 bits per heavy atom. The first-order chi connectivity index (χ1) is 13.2. The fraction of sp³-hybridized carbons (Fsp3) is 0.474. The van der Waals surface area contributed by atoms with E-state index in [9.17, 15) is 9.18 Å². The number of nitrogens with zero attached hydrogens (tertiary/aromatic N) is 2. The van der Waals surface area contributed by atoms with Gasteiger partial charge in [0.25, 0.3) is 0 Å². The van der Waals surface area contributed by atoms with Gasteiger partial charge in [-0.3, -0.25) is 0 Å². The monoisotopic (exact) mass is 390 g/mol. The van der Waals surface area contributed by atoms with E-state index in [0.717, 1.165) is 49.5 Å². The molecule has 1 unspecified atom stereocenters. The van der Waals surface area contributed by atoms with Crippen LogP contribution >= 0.6 is 11.3 Å². The van der Waals surface area contributed by atoms with Crippen molar-refractivity contribution in [2.75, 3.05) is 24.6 Å². The topological polar surface area (TPSA) is 66.5 Å². The number of thiazole rings is 1. The molecule has 2 amide bonds. The number of fused-ring (bicyclic) bond motifs is 1. The molecule has 2 aliphatic heterocycles. The molecule has 0 bridgehead atoms. The predicted octanol–water partition coefficient (Wildman–Crippen LogP) is 3.46. The highest BCUT2D eigenvalue weighted by atomic mass is 32.1. The lowest BCUT2D eigenvalue weighted by Gasteiger charge is -2.32. The van der Waals surface area contributed by atoms with Gasteiger partial charge in [0, 0.05) is 42.3 Å². The van der Waals surface area contributed by atoms with Crippen molar-refractivity contribution >= 4 is 22.5 Å². The molecule has 8 heteroatoms. The second kappa shape index (κ2) is 8.12. The van der Waals surface area contributed by atoms with Crippen LogP contribution in [0.15, 0.2) is 29.8 Å². The number of anilines is 1. The number of carbonyl (C=O) groups is 1. The van der Waals surface area contributed by atoms with Gasteiger partial charge in [0.15, 0.2) is 5.13 Å². The Morgan fingerprint density at radius 2 is 2.11 bits per heavy atom. The third-order valence-corrected chi connectivity index (χ3v) is 5.90. The van der Waals surface area contributed by atoms with Crippen molar-refractivity contribution in [3.05, 3.63) is 41.2 Å². The number of piperidine rings is 1. The summed E-state index contributed by atoms with van der Waals surface area (Å²) in [4.78, 5) is 19.1.